The lowest BCUT2D eigenvalue weighted by Gasteiger charge is -2.02. The van der Waals surface area contributed by atoms with Crippen molar-refractivity contribution in [1.29, 1.82) is 0 Å². The van der Waals surface area contributed by atoms with E-state index in [4.69, 9.17) is 28.3 Å². The van der Waals surface area contributed by atoms with E-state index in [1.165, 1.54) is 12.1 Å². The Morgan fingerprint density at radius 2 is 2.10 bits per heavy atom. The Kier molecular flexibility index (Phi) is 3.39. The highest BCUT2D eigenvalue weighted by molar-refractivity contribution is 7.19. The minimum absolute atomic E-state index is 0.0610. The van der Waals surface area contributed by atoms with E-state index in [0.29, 0.717) is 21.9 Å². The van der Waals surface area contributed by atoms with Crippen LogP contribution in [0, 0.1) is 12.7 Å². The zero-order chi connectivity index (χ0) is 15.3. The monoisotopic (exact) mass is 344 g/mol. The second-order valence-corrected chi connectivity index (χ2v) is 6.14. The van der Waals surface area contributed by atoms with Crippen molar-refractivity contribution in [3.05, 3.63) is 44.8 Å². The SMILES string of the molecule is Cc1c(C(=O)O)sc2nc(-c3cc(F)c(Cl)cc3Cl)cn12. The fraction of sp³-hybridized carbons (Fsp3) is 0.0769. The quantitative estimate of drug-likeness (QED) is 0.695. The largest absolute Gasteiger partial charge is 0.477 e. The molecule has 0 aliphatic rings. The van der Waals surface area contributed by atoms with Crippen LogP contribution < -0.4 is 0 Å². The van der Waals surface area contributed by atoms with Crippen molar-refractivity contribution in [3.8, 4) is 11.3 Å². The van der Waals surface area contributed by atoms with Gasteiger partial charge in [-0.3, -0.25) is 4.40 Å². The van der Waals surface area contributed by atoms with Crippen LogP contribution in [-0.2, 0) is 0 Å². The highest BCUT2D eigenvalue weighted by Gasteiger charge is 2.18. The molecular weight excluding hydrogens is 338 g/mol. The number of hydrogen-bond acceptors (Lipinski definition) is 3. The molecule has 0 aliphatic carbocycles. The van der Waals surface area contributed by atoms with E-state index in [2.05, 4.69) is 4.98 Å². The Balaban J connectivity index is 2.19. The molecule has 2 heterocycles. The summed E-state index contributed by atoms with van der Waals surface area (Å²) < 4.78 is 15.2. The predicted molar refractivity (Wildman–Crippen MR) is 80.2 cm³/mol. The number of carboxylic acid groups (broad SMARTS) is 1. The van der Waals surface area contributed by atoms with Gasteiger partial charge in [0, 0.05) is 17.5 Å². The van der Waals surface area contributed by atoms with E-state index in [1.807, 2.05) is 0 Å². The normalized spacial score (nSPS) is 11.2. The standard InChI is InChI=1S/C13H7Cl2FN2O2S/c1-5-11(12(19)20)21-13-17-10(4-18(5)13)6-2-9(16)8(15)3-7(6)14/h2-4H,1H3,(H,19,20). The zero-order valence-corrected chi connectivity index (χ0v) is 12.9. The van der Waals surface area contributed by atoms with Crippen LogP contribution >= 0.6 is 34.5 Å². The Morgan fingerprint density at radius 3 is 2.71 bits per heavy atom. The third kappa shape index (κ3) is 2.29. The number of rotatable bonds is 2. The zero-order valence-electron chi connectivity index (χ0n) is 10.5. The van der Waals surface area contributed by atoms with Gasteiger partial charge in [0.1, 0.15) is 10.7 Å². The second-order valence-electron chi connectivity index (χ2n) is 4.35. The summed E-state index contributed by atoms with van der Waals surface area (Å²) in [6.07, 6.45) is 1.63. The molecule has 21 heavy (non-hydrogen) atoms. The van der Waals surface area contributed by atoms with Gasteiger partial charge >= 0.3 is 5.97 Å². The summed E-state index contributed by atoms with van der Waals surface area (Å²) in [4.78, 5) is 16.1. The molecule has 0 aliphatic heterocycles. The van der Waals surface area contributed by atoms with Crippen molar-refractivity contribution >= 4 is 45.5 Å². The van der Waals surface area contributed by atoms with E-state index in [-0.39, 0.29) is 14.9 Å². The molecule has 0 bridgehead atoms. The summed E-state index contributed by atoms with van der Waals surface area (Å²) in [6, 6.07) is 2.53. The molecular formula is C13H7Cl2FN2O2S. The van der Waals surface area contributed by atoms with Gasteiger partial charge in [-0.1, -0.05) is 34.5 Å². The van der Waals surface area contributed by atoms with Crippen LogP contribution in [0.25, 0.3) is 16.2 Å². The molecule has 0 fully saturated rings. The lowest BCUT2D eigenvalue weighted by atomic mass is 10.1. The van der Waals surface area contributed by atoms with Gasteiger partial charge in [0.05, 0.1) is 15.7 Å². The fourth-order valence-electron chi connectivity index (χ4n) is 2.00. The molecule has 4 nitrogen and oxygen atoms in total. The summed E-state index contributed by atoms with van der Waals surface area (Å²) in [5, 5.41) is 9.29. The fourth-order valence-corrected chi connectivity index (χ4v) is 3.43. The molecule has 0 saturated carbocycles. The number of aromatic nitrogens is 2. The van der Waals surface area contributed by atoms with E-state index in [9.17, 15) is 9.18 Å². The van der Waals surface area contributed by atoms with E-state index < -0.39 is 11.8 Å². The van der Waals surface area contributed by atoms with Crippen LogP contribution in [0.1, 0.15) is 15.4 Å². The molecule has 8 heteroatoms. The maximum atomic E-state index is 13.6. The van der Waals surface area contributed by atoms with Crippen LogP contribution in [0.15, 0.2) is 18.3 Å². The van der Waals surface area contributed by atoms with Gasteiger partial charge in [-0.2, -0.15) is 0 Å². The molecule has 0 spiro atoms. The van der Waals surface area contributed by atoms with Crippen LogP contribution in [0.4, 0.5) is 4.39 Å². The molecule has 0 amide bonds. The minimum atomic E-state index is -1.000. The van der Waals surface area contributed by atoms with Gasteiger partial charge in [0.2, 0.25) is 0 Å². The predicted octanol–water partition coefficient (Wildman–Crippen LogP) is 4.52. The number of benzene rings is 1. The smallest absolute Gasteiger partial charge is 0.347 e. The van der Waals surface area contributed by atoms with E-state index >= 15 is 0 Å². The number of thiazole rings is 1. The number of aryl methyl sites for hydroxylation is 1. The summed E-state index contributed by atoms with van der Waals surface area (Å²) in [5.74, 6) is -1.59. The van der Waals surface area contributed by atoms with E-state index in [0.717, 1.165) is 11.3 Å². The molecule has 2 aromatic heterocycles. The number of aromatic carboxylic acids is 1. The number of fused-ring (bicyclic) bond motifs is 1. The molecule has 0 unspecified atom stereocenters. The van der Waals surface area contributed by atoms with Gasteiger partial charge in [0.25, 0.3) is 0 Å². The maximum Gasteiger partial charge on any atom is 0.347 e. The lowest BCUT2D eigenvalue weighted by Crippen LogP contribution is -1.96. The van der Waals surface area contributed by atoms with Crippen molar-refractivity contribution in [2.24, 2.45) is 0 Å². The Morgan fingerprint density at radius 1 is 1.38 bits per heavy atom. The number of carbonyl (C=O) groups is 1. The second kappa shape index (κ2) is 4.98. The first-order valence-electron chi connectivity index (χ1n) is 5.75. The first-order valence-corrected chi connectivity index (χ1v) is 7.32. The van der Waals surface area contributed by atoms with Gasteiger partial charge in [-0.05, 0) is 19.1 Å². The van der Waals surface area contributed by atoms with Crippen molar-refractivity contribution < 1.29 is 14.3 Å². The molecule has 1 aromatic carbocycles. The molecule has 108 valence electrons. The van der Waals surface area contributed by atoms with Crippen LogP contribution in [0.5, 0.6) is 0 Å². The molecule has 0 radical (unpaired) electrons. The molecule has 0 saturated heterocycles. The minimum Gasteiger partial charge on any atom is -0.477 e. The summed E-state index contributed by atoms with van der Waals surface area (Å²) in [6.45, 7) is 1.68. The van der Waals surface area contributed by atoms with E-state index in [1.54, 1.807) is 17.5 Å². The molecule has 3 aromatic rings. The van der Waals surface area contributed by atoms with Crippen molar-refractivity contribution in [3.63, 3.8) is 0 Å². The third-order valence-corrected chi connectivity index (χ3v) is 4.78. The summed E-state index contributed by atoms with van der Waals surface area (Å²) in [5.41, 5.74) is 1.43. The summed E-state index contributed by atoms with van der Waals surface area (Å²) >= 11 is 12.8. The van der Waals surface area contributed by atoms with Crippen LogP contribution in [0.3, 0.4) is 0 Å². The van der Waals surface area contributed by atoms with Gasteiger partial charge < -0.3 is 5.11 Å². The Bertz CT molecular complexity index is 888. The molecule has 0 atom stereocenters. The number of nitrogens with zero attached hydrogens (tertiary/aromatic N) is 2. The summed E-state index contributed by atoms with van der Waals surface area (Å²) in [7, 11) is 0. The van der Waals surface area contributed by atoms with Crippen LogP contribution in [0.2, 0.25) is 10.0 Å². The van der Waals surface area contributed by atoms with Gasteiger partial charge in [-0.25, -0.2) is 14.2 Å². The van der Waals surface area contributed by atoms with Crippen LogP contribution in [-0.4, -0.2) is 20.5 Å². The van der Waals surface area contributed by atoms with Gasteiger partial charge in [0.15, 0.2) is 4.96 Å². The number of hydrogen-bond donors (Lipinski definition) is 1. The molecule has 3 rings (SSSR count). The van der Waals surface area contributed by atoms with Crippen molar-refractivity contribution in [2.75, 3.05) is 0 Å². The first-order chi connectivity index (χ1) is 9.88. The Hall–Kier alpha value is -1.63. The third-order valence-electron chi connectivity index (χ3n) is 3.04. The highest BCUT2D eigenvalue weighted by atomic mass is 35.5. The first kappa shape index (κ1) is 14.3. The average molecular weight is 345 g/mol. The highest BCUT2D eigenvalue weighted by Crippen LogP contribution is 2.33. The Labute approximate surface area is 132 Å². The van der Waals surface area contributed by atoms with Crippen molar-refractivity contribution in [1.82, 2.24) is 9.38 Å². The van der Waals surface area contributed by atoms with Gasteiger partial charge in [-0.15, -0.1) is 0 Å². The number of carboxylic acids is 1. The lowest BCUT2D eigenvalue weighted by molar-refractivity contribution is 0.0701. The maximum absolute atomic E-state index is 13.6. The van der Waals surface area contributed by atoms with Crippen molar-refractivity contribution in [2.45, 2.75) is 6.92 Å². The average Bonchev–Trinajstić information content (AvgIpc) is 2.94. The number of imidazole rings is 1. The topological polar surface area (TPSA) is 54.6 Å². The molecule has 1 N–H and O–H groups in total. The number of halogens is 3.